The van der Waals surface area contributed by atoms with Crippen molar-refractivity contribution in [3.8, 4) is 0 Å². The number of carbonyl (C=O) groups is 1. The van der Waals surface area contributed by atoms with E-state index in [1.807, 2.05) is 12.1 Å². The summed E-state index contributed by atoms with van der Waals surface area (Å²) >= 11 is 0. The van der Waals surface area contributed by atoms with Gasteiger partial charge in [0, 0.05) is 18.5 Å². The number of nitrogens with zero attached hydrogens (tertiary/aromatic N) is 1. The molecule has 1 aromatic carbocycles. The second-order valence-corrected chi connectivity index (χ2v) is 6.05. The lowest BCUT2D eigenvalue weighted by Crippen LogP contribution is -2.32. The summed E-state index contributed by atoms with van der Waals surface area (Å²) in [6.45, 7) is 1.67. The van der Waals surface area contributed by atoms with Crippen molar-refractivity contribution in [2.75, 3.05) is 26.2 Å². The van der Waals surface area contributed by atoms with Crippen molar-refractivity contribution in [2.24, 2.45) is 5.92 Å². The molecule has 2 aliphatic heterocycles. The van der Waals surface area contributed by atoms with E-state index in [4.69, 9.17) is 0 Å². The molecule has 1 unspecified atom stereocenters. The summed E-state index contributed by atoms with van der Waals surface area (Å²) < 4.78 is 26.6. The summed E-state index contributed by atoms with van der Waals surface area (Å²) in [5, 5.41) is 3.31. The third-order valence-electron chi connectivity index (χ3n) is 4.38. The maximum absolute atomic E-state index is 13.3. The number of likely N-dealkylation sites (tertiary alicyclic amines) is 1. The number of carbonyl (C=O) groups excluding carboxylic acids is 1. The molecule has 0 bridgehead atoms. The molecule has 1 amide bonds. The van der Waals surface area contributed by atoms with Gasteiger partial charge in [-0.1, -0.05) is 18.2 Å². The molecule has 114 valence electrons. The second kappa shape index (κ2) is 5.72. The van der Waals surface area contributed by atoms with Gasteiger partial charge in [0.1, 0.15) is 0 Å². The quantitative estimate of drug-likeness (QED) is 0.928. The van der Waals surface area contributed by atoms with Gasteiger partial charge in [-0.05, 0) is 43.5 Å². The number of hydrogen-bond donors (Lipinski definition) is 1. The zero-order valence-corrected chi connectivity index (χ0v) is 11.9. The van der Waals surface area contributed by atoms with Crippen LogP contribution < -0.4 is 5.32 Å². The smallest absolute Gasteiger partial charge is 0.267 e. The van der Waals surface area contributed by atoms with Crippen LogP contribution in [-0.4, -0.2) is 42.9 Å². The van der Waals surface area contributed by atoms with Crippen LogP contribution in [0, 0.1) is 5.92 Å². The minimum atomic E-state index is -2.74. The van der Waals surface area contributed by atoms with Crippen molar-refractivity contribution < 1.29 is 13.6 Å². The van der Waals surface area contributed by atoms with Gasteiger partial charge < -0.3 is 10.2 Å². The maximum atomic E-state index is 13.3. The Bertz CT molecular complexity index is 527. The summed E-state index contributed by atoms with van der Waals surface area (Å²) in [6.07, 6.45) is 1.71. The highest BCUT2D eigenvalue weighted by molar-refractivity contribution is 5.96. The lowest BCUT2D eigenvalue weighted by molar-refractivity contribution is 0.0120. The third-order valence-corrected chi connectivity index (χ3v) is 4.38. The van der Waals surface area contributed by atoms with E-state index < -0.39 is 12.5 Å². The molecule has 2 heterocycles. The largest absolute Gasteiger partial charge is 0.332 e. The monoisotopic (exact) mass is 294 g/mol. The summed E-state index contributed by atoms with van der Waals surface area (Å²) in [6, 6.07) is 7.42. The van der Waals surface area contributed by atoms with Crippen LogP contribution in [0.1, 0.15) is 28.8 Å². The van der Waals surface area contributed by atoms with Crippen molar-refractivity contribution in [1.29, 1.82) is 0 Å². The van der Waals surface area contributed by atoms with Crippen molar-refractivity contribution in [1.82, 2.24) is 10.2 Å². The number of amides is 1. The Balaban J connectivity index is 1.76. The number of alkyl halides is 2. The van der Waals surface area contributed by atoms with E-state index in [9.17, 15) is 13.6 Å². The Morgan fingerprint density at radius 3 is 2.86 bits per heavy atom. The van der Waals surface area contributed by atoms with Gasteiger partial charge in [0.25, 0.3) is 11.8 Å². The highest BCUT2D eigenvalue weighted by atomic mass is 19.3. The maximum Gasteiger partial charge on any atom is 0.267 e. The fourth-order valence-electron chi connectivity index (χ4n) is 3.19. The van der Waals surface area contributed by atoms with Crippen LogP contribution in [0.5, 0.6) is 0 Å². The standard InChI is InChI=1S/C16H20F2N2O/c17-16(18)6-8-20(11-16)15(21)14-4-2-1-3-13(14)9-12-5-7-19-10-12/h1-4,12,19H,5-11H2. The van der Waals surface area contributed by atoms with Gasteiger partial charge in [-0.2, -0.15) is 0 Å². The van der Waals surface area contributed by atoms with E-state index in [0.29, 0.717) is 11.5 Å². The first-order valence-corrected chi connectivity index (χ1v) is 7.51. The molecule has 21 heavy (non-hydrogen) atoms. The minimum absolute atomic E-state index is 0.144. The molecule has 3 nitrogen and oxygen atoms in total. The van der Waals surface area contributed by atoms with Crippen LogP contribution in [-0.2, 0) is 6.42 Å². The highest BCUT2D eigenvalue weighted by Crippen LogP contribution is 2.29. The molecule has 0 aliphatic carbocycles. The average Bonchev–Trinajstić information content (AvgIpc) is 3.08. The predicted molar refractivity (Wildman–Crippen MR) is 76.6 cm³/mol. The molecule has 1 N–H and O–H groups in total. The molecule has 1 aromatic rings. The summed E-state index contributed by atoms with van der Waals surface area (Å²) in [7, 11) is 0. The minimum Gasteiger partial charge on any atom is -0.332 e. The van der Waals surface area contributed by atoms with E-state index in [0.717, 1.165) is 31.5 Å². The van der Waals surface area contributed by atoms with Gasteiger partial charge in [-0.15, -0.1) is 0 Å². The van der Waals surface area contributed by atoms with E-state index in [2.05, 4.69) is 5.32 Å². The van der Waals surface area contributed by atoms with Crippen molar-refractivity contribution in [2.45, 2.75) is 25.2 Å². The van der Waals surface area contributed by atoms with Crippen LogP contribution in [0.3, 0.4) is 0 Å². The van der Waals surface area contributed by atoms with Crippen molar-refractivity contribution >= 4 is 5.91 Å². The van der Waals surface area contributed by atoms with Gasteiger partial charge in [0.2, 0.25) is 0 Å². The van der Waals surface area contributed by atoms with E-state index >= 15 is 0 Å². The molecule has 2 fully saturated rings. The zero-order chi connectivity index (χ0) is 14.9. The van der Waals surface area contributed by atoms with Gasteiger partial charge in [0.05, 0.1) is 6.54 Å². The third kappa shape index (κ3) is 3.23. The number of benzene rings is 1. The molecule has 2 saturated heterocycles. The highest BCUT2D eigenvalue weighted by Gasteiger charge is 2.40. The van der Waals surface area contributed by atoms with Gasteiger partial charge in [-0.25, -0.2) is 8.78 Å². The normalized spacial score (nSPS) is 24.5. The van der Waals surface area contributed by atoms with Gasteiger partial charge >= 0.3 is 0 Å². The fourth-order valence-corrected chi connectivity index (χ4v) is 3.19. The number of nitrogens with one attached hydrogen (secondary N) is 1. The summed E-state index contributed by atoms with van der Waals surface area (Å²) in [5.41, 5.74) is 1.56. The number of halogens is 2. The molecule has 5 heteroatoms. The Labute approximate surface area is 123 Å². The van der Waals surface area contributed by atoms with E-state index in [-0.39, 0.29) is 18.9 Å². The van der Waals surface area contributed by atoms with Crippen molar-refractivity contribution in [3.05, 3.63) is 35.4 Å². The first kappa shape index (κ1) is 14.4. The molecule has 1 atom stereocenters. The van der Waals surface area contributed by atoms with Crippen LogP contribution in [0.4, 0.5) is 8.78 Å². The molecular formula is C16H20F2N2O. The topological polar surface area (TPSA) is 32.3 Å². The fraction of sp³-hybridized carbons (Fsp3) is 0.562. The Morgan fingerprint density at radius 1 is 1.38 bits per heavy atom. The second-order valence-electron chi connectivity index (χ2n) is 6.05. The van der Waals surface area contributed by atoms with Gasteiger partial charge in [-0.3, -0.25) is 4.79 Å². The molecular weight excluding hydrogens is 274 g/mol. The van der Waals surface area contributed by atoms with E-state index in [1.165, 1.54) is 4.90 Å². The molecule has 3 rings (SSSR count). The molecule has 0 aromatic heterocycles. The lowest BCUT2D eigenvalue weighted by atomic mass is 9.94. The van der Waals surface area contributed by atoms with E-state index in [1.54, 1.807) is 12.1 Å². The van der Waals surface area contributed by atoms with Crippen molar-refractivity contribution in [3.63, 3.8) is 0 Å². The first-order chi connectivity index (χ1) is 10.1. The molecule has 0 radical (unpaired) electrons. The summed E-state index contributed by atoms with van der Waals surface area (Å²) in [5.74, 6) is -2.47. The first-order valence-electron chi connectivity index (χ1n) is 7.51. The molecule has 2 aliphatic rings. The number of rotatable bonds is 3. The lowest BCUT2D eigenvalue weighted by Gasteiger charge is -2.19. The van der Waals surface area contributed by atoms with Gasteiger partial charge in [0.15, 0.2) is 0 Å². The SMILES string of the molecule is O=C(c1ccccc1CC1CCNC1)N1CCC(F)(F)C1. The Hall–Kier alpha value is -1.49. The van der Waals surface area contributed by atoms with Crippen LogP contribution >= 0.6 is 0 Å². The van der Waals surface area contributed by atoms with Crippen LogP contribution in [0.15, 0.2) is 24.3 Å². The predicted octanol–water partition coefficient (Wildman–Crippen LogP) is 2.32. The Kier molecular flexibility index (Phi) is 3.93. The number of hydrogen-bond acceptors (Lipinski definition) is 2. The molecule has 0 spiro atoms. The molecule has 0 saturated carbocycles. The zero-order valence-electron chi connectivity index (χ0n) is 11.9. The Morgan fingerprint density at radius 2 is 2.19 bits per heavy atom. The summed E-state index contributed by atoms with van der Waals surface area (Å²) in [4.78, 5) is 13.8. The van der Waals surface area contributed by atoms with Crippen LogP contribution in [0.2, 0.25) is 0 Å². The average molecular weight is 294 g/mol. The van der Waals surface area contributed by atoms with Crippen LogP contribution in [0.25, 0.3) is 0 Å².